The van der Waals surface area contributed by atoms with Gasteiger partial charge in [0.1, 0.15) is 0 Å². The molecule has 3 N–H and O–H groups in total. The van der Waals surface area contributed by atoms with Gasteiger partial charge in [0.05, 0.1) is 6.54 Å². The second kappa shape index (κ2) is 7.26. The lowest BCUT2D eigenvalue weighted by molar-refractivity contribution is -0.122. The molecule has 1 amide bonds. The van der Waals surface area contributed by atoms with E-state index in [1.807, 2.05) is 18.2 Å². The molecule has 0 unspecified atom stereocenters. The minimum absolute atomic E-state index is 0.108. The molecule has 1 aliphatic carbocycles. The van der Waals surface area contributed by atoms with E-state index in [4.69, 9.17) is 5.73 Å². The van der Waals surface area contributed by atoms with E-state index in [-0.39, 0.29) is 5.91 Å². The van der Waals surface area contributed by atoms with Crippen molar-refractivity contribution in [3.8, 4) is 0 Å². The molecule has 0 aliphatic heterocycles. The standard InChI is InChI=1S/C15H23N3O/c16-8-9-18(11-14-4-2-1-3-5-14)12-15(19)17-10-13-6-7-13/h1-5,13H,6-12,16H2,(H,17,19). The van der Waals surface area contributed by atoms with Gasteiger partial charge < -0.3 is 11.1 Å². The summed E-state index contributed by atoms with van der Waals surface area (Å²) >= 11 is 0. The zero-order valence-corrected chi connectivity index (χ0v) is 11.3. The lowest BCUT2D eigenvalue weighted by atomic mass is 10.2. The molecule has 0 saturated heterocycles. The number of carbonyl (C=O) groups excluding carboxylic acids is 1. The molecule has 1 aliphatic rings. The number of amides is 1. The smallest absolute Gasteiger partial charge is 0.234 e. The van der Waals surface area contributed by atoms with E-state index in [1.165, 1.54) is 18.4 Å². The summed E-state index contributed by atoms with van der Waals surface area (Å²) in [7, 11) is 0. The Balaban J connectivity index is 1.78. The third-order valence-electron chi connectivity index (χ3n) is 3.35. The lowest BCUT2D eigenvalue weighted by Crippen LogP contribution is -2.39. The highest BCUT2D eigenvalue weighted by Crippen LogP contribution is 2.27. The Hall–Kier alpha value is -1.39. The van der Waals surface area contributed by atoms with Crippen molar-refractivity contribution in [3.63, 3.8) is 0 Å². The summed E-state index contributed by atoms with van der Waals surface area (Å²) in [4.78, 5) is 14.0. The third-order valence-corrected chi connectivity index (χ3v) is 3.35. The number of hydrogen-bond acceptors (Lipinski definition) is 3. The third kappa shape index (κ3) is 5.41. The molecule has 2 rings (SSSR count). The van der Waals surface area contributed by atoms with Gasteiger partial charge >= 0.3 is 0 Å². The molecule has 4 nitrogen and oxygen atoms in total. The van der Waals surface area contributed by atoms with Crippen molar-refractivity contribution in [2.75, 3.05) is 26.2 Å². The zero-order valence-electron chi connectivity index (χ0n) is 11.3. The van der Waals surface area contributed by atoms with Crippen molar-refractivity contribution in [2.45, 2.75) is 19.4 Å². The van der Waals surface area contributed by atoms with Gasteiger partial charge in [0.2, 0.25) is 5.91 Å². The molecule has 4 heteroatoms. The molecule has 0 bridgehead atoms. The van der Waals surface area contributed by atoms with Crippen molar-refractivity contribution in [1.29, 1.82) is 0 Å². The largest absolute Gasteiger partial charge is 0.355 e. The maximum Gasteiger partial charge on any atom is 0.234 e. The molecule has 1 aromatic rings. The number of rotatable bonds is 8. The molecule has 0 aromatic heterocycles. The highest BCUT2D eigenvalue weighted by atomic mass is 16.2. The van der Waals surface area contributed by atoms with E-state index >= 15 is 0 Å². The number of hydrogen-bond donors (Lipinski definition) is 2. The van der Waals surface area contributed by atoms with Crippen LogP contribution >= 0.6 is 0 Å². The van der Waals surface area contributed by atoms with Gasteiger partial charge in [-0.25, -0.2) is 0 Å². The van der Waals surface area contributed by atoms with Gasteiger partial charge in [-0.05, 0) is 24.3 Å². The average Bonchev–Trinajstić information content (AvgIpc) is 3.22. The molecule has 1 saturated carbocycles. The van der Waals surface area contributed by atoms with Gasteiger partial charge in [-0.2, -0.15) is 0 Å². The number of nitrogens with two attached hydrogens (primary N) is 1. The first kappa shape index (κ1) is 14.0. The molecular formula is C15H23N3O. The van der Waals surface area contributed by atoms with Crippen LogP contribution in [-0.4, -0.2) is 37.0 Å². The topological polar surface area (TPSA) is 58.4 Å². The summed E-state index contributed by atoms with van der Waals surface area (Å²) in [5, 5.41) is 3.00. The van der Waals surface area contributed by atoms with Gasteiger partial charge in [-0.3, -0.25) is 9.69 Å². The van der Waals surface area contributed by atoms with Gasteiger partial charge in [-0.1, -0.05) is 30.3 Å². The monoisotopic (exact) mass is 261 g/mol. The van der Waals surface area contributed by atoms with Gasteiger partial charge in [0.25, 0.3) is 0 Å². The summed E-state index contributed by atoms with van der Waals surface area (Å²) < 4.78 is 0. The van der Waals surface area contributed by atoms with E-state index in [0.717, 1.165) is 25.6 Å². The second-order valence-corrected chi connectivity index (χ2v) is 5.23. The first-order valence-electron chi connectivity index (χ1n) is 7.01. The van der Waals surface area contributed by atoms with Crippen LogP contribution in [0.3, 0.4) is 0 Å². The van der Waals surface area contributed by atoms with Crippen LogP contribution in [0.25, 0.3) is 0 Å². The number of nitrogens with zero attached hydrogens (tertiary/aromatic N) is 1. The number of carbonyl (C=O) groups is 1. The predicted octanol–water partition coefficient (Wildman–Crippen LogP) is 0.974. The average molecular weight is 261 g/mol. The molecule has 19 heavy (non-hydrogen) atoms. The Labute approximate surface area is 115 Å². The van der Waals surface area contributed by atoms with Crippen LogP contribution in [0.15, 0.2) is 30.3 Å². The fourth-order valence-corrected chi connectivity index (χ4v) is 2.08. The summed E-state index contributed by atoms with van der Waals surface area (Å²) in [6, 6.07) is 10.2. The van der Waals surface area contributed by atoms with Crippen LogP contribution in [-0.2, 0) is 11.3 Å². The van der Waals surface area contributed by atoms with Crippen molar-refractivity contribution >= 4 is 5.91 Å². The van der Waals surface area contributed by atoms with E-state index in [1.54, 1.807) is 0 Å². The first-order chi connectivity index (χ1) is 9.28. The highest BCUT2D eigenvalue weighted by molar-refractivity contribution is 5.78. The number of benzene rings is 1. The lowest BCUT2D eigenvalue weighted by Gasteiger charge is -2.21. The van der Waals surface area contributed by atoms with Gasteiger partial charge in [-0.15, -0.1) is 0 Å². The zero-order chi connectivity index (χ0) is 13.5. The van der Waals surface area contributed by atoms with Crippen molar-refractivity contribution in [2.24, 2.45) is 11.7 Å². The second-order valence-electron chi connectivity index (χ2n) is 5.23. The Morgan fingerprint density at radius 2 is 2.05 bits per heavy atom. The molecule has 0 heterocycles. The minimum atomic E-state index is 0.108. The van der Waals surface area contributed by atoms with Crippen LogP contribution in [0.4, 0.5) is 0 Å². The predicted molar refractivity (Wildman–Crippen MR) is 76.5 cm³/mol. The quantitative estimate of drug-likeness (QED) is 0.733. The Bertz CT molecular complexity index is 390. The number of nitrogens with one attached hydrogen (secondary N) is 1. The summed E-state index contributed by atoms with van der Waals surface area (Å²) in [6.07, 6.45) is 2.52. The maximum atomic E-state index is 11.9. The van der Waals surface area contributed by atoms with Crippen LogP contribution in [0.5, 0.6) is 0 Å². The molecule has 1 fully saturated rings. The van der Waals surface area contributed by atoms with Crippen LogP contribution in [0.2, 0.25) is 0 Å². The normalized spacial score (nSPS) is 14.6. The summed E-state index contributed by atoms with van der Waals surface area (Å²) in [5.41, 5.74) is 6.83. The van der Waals surface area contributed by atoms with Gasteiger partial charge in [0.15, 0.2) is 0 Å². The molecule has 0 atom stereocenters. The minimum Gasteiger partial charge on any atom is -0.355 e. The summed E-state index contributed by atoms with van der Waals surface area (Å²) in [6.45, 7) is 3.35. The fourth-order valence-electron chi connectivity index (χ4n) is 2.08. The van der Waals surface area contributed by atoms with Crippen LogP contribution < -0.4 is 11.1 Å². The SMILES string of the molecule is NCCN(CC(=O)NCC1CC1)Cc1ccccc1. The van der Waals surface area contributed by atoms with E-state index in [0.29, 0.717) is 13.1 Å². The molecule has 0 radical (unpaired) electrons. The van der Waals surface area contributed by atoms with Crippen molar-refractivity contribution in [1.82, 2.24) is 10.2 Å². The molecule has 0 spiro atoms. The maximum absolute atomic E-state index is 11.9. The first-order valence-corrected chi connectivity index (χ1v) is 7.01. The summed E-state index contributed by atoms with van der Waals surface area (Å²) in [5.74, 6) is 0.831. The fraction of sp³-hybridized carbons (Fsp3) is 0.533. The Morgan fingerprint density at radius 1 is 1.32 bits per heavy atom. The van der Waals surface area contributed by atoms with Crippen molar-refractivity contribution in [3.05, 3.63) is 35.9 Å². The van der Waals surface area contributed by atoms with E-state index in [9.17, 15) is 4.79 Å². The van der Waals surface area contributed by atoms with E-state index in [2.05, 4.69) is 22.3 Å². The van der Waals surface area contributed by atoms with Gasteiger partial charge in [0, 0.05) is 26.2 Å². The van der Waals surface area contributed by atoms with Crippen LogP contribution in [0, 0.1) is 5.92 Å². The van der Waals surface area contributed by atoms with Crippen molar-refractivity contribution < 1.29 is 4.79 Å². The Kier molecular flexibility index (Phi) is 5.36. The highest BCUT2D eigenvalue weighted by Gasteiger charge is 2.22. The Morgan fingerprint density at radius 3 is 2.68 bits per heavy atom. The van der Waals surface area contributed by atoms with Crippen LogP contribution in [0.1, 0.15) is 18.4 Å². The molecule has 104 valence electrons. The van der Waals surface area contributed by atoms with E-state index < -0.39 is 0 Å². The molecular weight excluding hydrogens is 238 g/mol. The molecule has 1 aromatic carbocycles.